The Morgan fingerprint density at radius 2 is 1.91 bits per heavy atom. The summed E-state index contributed by atoms with van der Waals surface area (Å²) < 4.78 is 40.8. The topological polar surface area (TPSA) is 17.8 Å². The second kappa shape index (κ2) is 4.78. The van der Waals surface area contributed by atoms with E-state index in [-0.39, 0.29) is 5.37 Å². The first-order chi connectivity index (χ1) is 10.5. The molecule has 0 bridgehead atoms. The van der Waals surface area contributed by atoms with Gasteiger partial charge in [0, 0.05) is 0 Å². The largest absolute Gasteiger partial charge is 0.416 e. The zero-order valence-corrected chi connectivity index (χ0v) is 12.2. The zero-order valence-electron chi connectivity index (χ0n) is 11.3. The highest BCUT2D eigenvalue weighted by Crippen LogP contribution is 2.43. The molecule has 0 fully saturated rings. The summed E-state index contributed by atoms with van der Waals surface area (Å²) >= 11 is 1.60. The molecule has 112 valence electrons. The van der Waals surface area contributed by atoms with E-state index in [2.05, 4.69) is 4.98 Å². The van der Waals surface area contributed by atoms with Crippen molar-refractivity contribution in [2.75, 3.05) is 0 Å². The number of imidazole rings is 1. The molecule has 2 aromatic carbocycles. The van der Waals surface area contributed by atoms with Crippen LogP contribution in [0.25, 0.3) is 11.0 Å². The van der Waals surface area contributed by atoms with E-state index in [1.807, 2.05) is 28.8 Å². The number of benzene rings is 2. The Labute approximate surface area is 129 Å². The fourth-order valence-corrected chi connectivity index (χ4v) is 4.03. The number of fused-ring (bicyclic) bond motifs is 3. The smallest absolute Gasteiger partial charge is 0.310 e. The third kappa shape index (κ3) is 2.09. The number of aromatic nitrogens is 2. The van der Waals surface area contributed by atoms with Gasteiger partial charge in [-0.3, -0.25) is 0 Å². The lowest BCUT2D eigenvalue weighted by molar-refractivity contribution is -0.137. The first-order valence-corrected chi connectivity index (χ1v) is 7.83. The van der Waals surface area contributed by atoms with Crippen molar-refractivity contribution in [2.45, 2.75) is 17.3 Å². The molecule has 0 unspecified atom stereocenters. The van der Waals surface area contributed by atoms with Crippen LogP contribution in [0.3, 0.4) is 0 Å². The van der Waals surface area contributed by atoms with Gasteiger partial charge in [-0.15, -0.1) is 11.8 Å². The molecular formula is C16H11F3N2S. The minimum Gasteiger partial charge on any atom is -0.310 e. The normalized spacial score (nSPS) is 17.9. The standard InChI is InChI=1S/C16H11F3N2S/c17-16(18,19)11-5-3-4-10(8-11)15-21-13-7-2-1-6-12(13)20-14(21)9-22-15/h1-8,15H,9H2/t15-/m1/s1. The fourth-order valence-electron chi connectivity index (χ4n) is 2.80. The number of alkyl halides is 3. The van der Waals surface area contributed by atoms with Crippen molar-refractivity contribution in [1.29, 1.82) is 0 Å². The van der Waals surface area contributed by atoms with E-state index < -0.39 is 11.7 Å². The Balaban J connectivity index is 1.84. The number of nitrogens with zero attached hydrogens (tertiary/aromatic N) is 2. The van der Waals surface area contributed by atoms with Gasteiger partial charge in [0.2, 0.25) is 0 Å². The molecule has 1 aliphatic heterocycles. The number of hydrogen-bond acceptors (Lipinski definition) is 2. The summed E-state index contributed by atoms with van der Waals surface area (Å²) in [7, 11) is 0. The van der Waals surface area contributed by atoms with Crippen LogP contribution in [0, 0.1) is 0 Å². The van der Waals surface area contributed by atoms with Crippen LogP contribution in [-0.4, -0.2) is 9.55 Å². The summed E-state index contributed by atoms with van der Waals surface area (Å²) in [6, 6.07) is 13.3. The predicted molar refractivity (Wildman–Crippen MR) is 80.6 cm³/mol. The molecule has 4 rings (SSSR count). The third-order valence-electron chi connectivity index (χ3n) is 3.77. The van der Waals surface area contributed by atoms with E-state index >= 15 is 0 Å². The Morgan fingerprint density at radius 1 is 1.09 bits per heavy atom. The Bertz CT molecular complexity index is 854. The summed E-state index contributed by atoms with van der Waals surface area (Å²) in [5.74, 6) is 1.61. The van der Waals surface area contributed by atoms with E-state index in [0.717, 1.165) is 22.9 Å². The molecule has 0 radical (unpaired) electrons. The van der Waals surface area contributed by atoms with Crippen LogP contribution < -0.4 is 0 Å². The lowest BCUT2D eigenvalue weighted by atomic mass is 10.1. The van der Waals surface area contributed by atoms with Crippen molar-refractivity contribution in [3.05, 3.63) is 65.5 Å². The highest BCUT2D eigenvalue weighted by Gasteiger charge is 2.33. The van der Waals surface area contributed by atoms with Crippen LogP contribution >= 0.6 is 11.8 Å². The molecule has 0 aliphatic carbocycles. The lowest BCUT2D eigenvalue weighted by Crippen LogP contribution is -2.08. The average Bonchev–Trinajstić information content (AvgIpc) is 3.05. The molecule has 0 N–H and O–H groups in total. The molecule has 22 heavy (non-hydrogen) atoms. The molecule has 1 aliphatic rings. The highest BCUT2D eigenvalue weighted by atomic mass is 32.2. The number of halogens is 3. The predicted octanol–water partition coefficient (Wildman–Crippen LogP) is 4.85. The maximum absolute atomic E-state index is 12.9. The lowest BCUT2D eigenvalue weighted by Gasteiger charge is -2.16. The number of thioether (sulfide) groups is 1. The van der Waals surface area contributed by atoms with Crippen LogP contribution in [-0.2, 0) is 11.9 Å². The molecule has 2 heterocycles. The van der Waals surface area contributed by atoms with Crippen molar-refractivity contribution in [3.8, 4) is 0 Å². The van der Waals surface area contributed by atoms with Crippen molar-refractivity contribution in [1.82, 2.24) is 9.55 Å². The Hall–Kier alpha value is -1.95. The quantitative estimate of drug-likeness (QED) is 0.638. The van der Waals surface area contributed by atoms with Crippen LogP contribution in [0.15, 0.2) is 48.5 Å². The highest BCUT2D eigenvalue weighted by molar-refractivity contribution is 7.99. The van der Waals surface area contributed by atoms with Gasteiger partial charge in [0.05, 0.1) is 22.3 Å². The van der Waals surface area contributed by atoms with Gasteiger partial charge < -0.3 is 4.57 Å². The second-order valence-corrected chi connectivity index (χ2v) is 6.24. The monoisotopic (exact) mass is 320 g/mol. The van der Waals surface area contributed by atoms with Gasteiger partial charge >= 0.3 is 6.18 Å². The van der Waals surface area contributed by atoms with Gasteiger partial charge in [-0.05, 0) is 29.8 Å². The van der Waals surface area contributed by atoms with Crippen LogP contribution in [0.1, 0.15) is 22.3 Å². The van der Waals surface area contributed by atoms with Gasteiger partial charge in [0.15, 0.2) is 0 Å². The average molecular weight is 320 g/mol. The zero-order chi connectivity index (χ0) is 15.3. The molecule has 0 saturated carbocycles. The first-order valence-electron chi connectivity index (χ1n) is 6.78. The second-order valence-electron chi connectivity index (χ2n) is 5.17. The number of rotatable bonds is 1. The van der Waals surface area contributed by atoms with Gasteiger partial charge in [0.25, 0.3) is 0 Å². The molecule has 0 saturated heterocycles. The summed E-state index contributed by atoms with van der Waals surface area (Å²) in [5.41, 5.74) is 1.89. The molecule has 1 aromatic heterocycles. The van der Waals surface area contributed by atoms with E-state index in [9.17, 15) is 13.2 Å². The van der Waals surface area contributed by atoms with Crippen molar-refractivity contribution >= 4 is 22.8 Å². The maximum atomic E-state index is 12.9. The minimum absolute atomic E-state index is 0.162. The molecule has 1 atom stereocenters. The molecule has 6 heteroatoms. The summed E-state index contributed by atoms with van der Waals surface area (Å²) in [5, 5.41) is -0.162. The van der Waals surface area contributed by atoms with Crippen LogP contribution in [0.5, 0.6) is 0 Å². The summed E-state index contributed by atoms with van der Waals surface area (Å²) in [6.07, 6.45) is -4.32. The molecule has 0 amide bonds. The van der Waals surface area contributed by atoms with Crippen molar-refractivity contribution in [3.63, 3.8) is 0 Å². The van der Waals surface area contributed by atoms with Gasteiger partial charge in [-0.1, -0.05) is 24.3 Å². The van der Waals surface area contributed by atoms with E-state index in [1.54, 1.807) is 17.8 Å². The van der Waals surface area contributed by atoms with Gasteiger partial charge in [-0.2, -0.15) is 13.2 Å². The van der Waals surface area contributed by atoms with E-state index in [4.69, 9.17) is 0 Å². The van der Waals surface area contributed by atoms with E-state index in [0.29, 0.717) is 11.3 Å². The van der Waals surface area contributed by atoms with E-state index in [1.165, 1.54) is 12.1 Å². The number of hydrogen-bond donors (Lipinski definition) is 0. The summed E-state index contributed by atoms with van der Waals surface area (Å²) in [6.45, 7) is 0. The maximum Gasteiger partial charge on any atom is 0.416 e. The molecule has 2 nitrogen and oxygen atoms in total. The summed E-state index contributed by atoms with van der Waals surface area (Å²) in [4.78, 5) is 4.56. The molecule has 3 aromatic rings. The van der Waals surface area contributed by atoms with Crippen molar-refractivity contribution in [2.24, 2.45) is 0 Å². The third-order valence-corrected chi connectivity index (χ3v) is 5.00. The van der Waals surface area contributed by atoms with Crippen LogP contribution in [0.4, 0.5) is 13.2 Å². The first kappa shape index (κ1) is 13.7. The van der Waals surface area contributed by atoms with Gasteiger partial charge in [-0.25, -0.2) is 4.98 Å². The minimum atomic E-state index is -4.32. The Morgan fingerprint density at radius 3 is 2.73 bits per heavy atom. The van der Waals surface area contributed by atoms with Crippen molar-refractivity contribution < 1.29 is 13.2 Å². The molecular weight excluding hydrogens is 309 g/mol. The fraction of sp³-hybridized carbons (Fsp3) is 0.188. The molecule has 0 spiro atoms. The van der Waals surface area contributed by atoms with Crippen LogP contribution in [0.2, 0.25) is 0 Å². The Kier molecular flexibility index (Phi) is 2.97. The SMILES string of the molecule is FC(F)(F)c1cccc([C@H]2SCc3nc4ccccc4n32)c1. The van der Waals surface area contributed by atoms with Gasteiger partial charge in [0.1, 0.15) is 11.2 Å². The number of para-hydroxylation sites is 2.